The maximum atomic E-state index is 14.3. The monoisotopic (exact) mass is 343 g/mol. The molecule has 1 aliphatic heterocycles. The summed E-state index contributed by atoms with van der Waals surface area (Å²) < 4.78 is 19.6. The first-order valence-electron chi connectivity index (χ1n) is 8.35. The molecule has 0 bridgehead atoms. The number of likely N-dealkylation sites (N-methyl/N-ethyl adjacent to an activating group) is 1. The Morgan fingerprint density at radius 2 is 2.08 bits per heavy atom. The second-order valence-electron chi connectivity index (χ2n) is 6.20. The lowest BCUT2D eigenvalue weighted by Crippen LogP contribution is -2.40. The number of halogens is 1. The maximum Gasteiger partial charge on any atom is 0.415 e. The number of hydrogen-bond donors (Lipinski definition) is 1. The van der Waals surface area contributed by atoms with Gasteiger partial charge in [-0.05, 0) is 42.7 Å². The first-order chi connectivity index (χ1) is 12.0. The van der Waals surface area contributed by atoms with E-state index in [0.29, 0.717) is 30.2 Å². The average Bonchev–Trinajstić information content (AvgIpc) is 2.59. The minimum atomic E-state index is -0.429. The van der Waals surface area contributed by atoms with Gasteiger partial charge in [-0.3, -0.25) is 0 Å². The third kappa shape index (κ3) is 4.02. The summed E-state index contributed by atoms with van der Waals surface area (Å²) in [5.74, 6) is 0.202. The number of rotatable bonds is 4. The summed E-state index contributed by atoms with van der Waals surface area (Å²) in [5.41, 5.74) is 7.71. The zero-order chi connectivity index (χ0) is 17.8. The molecule has 1 heterocycles. The number of para-hydroxylation sites is 1. The molecule has 0 spiro atoms. The summed E-state index contributed by atoms with van der Waals surface area (Å²) >= 11 is 0. The van der Waals surface area contributed by atoms with Gasteiger partial charge in [-0.1, -0.05) is 18.2 Å². The van der Waals surface area contributed by atoms with Crippen molar-refractivity contribution < 1.29 is 13.9 Å². The van der Waals surface area contributed by atoms with E-state index in [-0.39, 0.29) is 5.82 Å². The van der Waals surface area contributed by atoms with Gasteiger partial charge < -0.3 is 20.3 Å². The molecule has 0 unspecified atom stereocenters. The molecule has 0 aromatic heterocycles. The first kappa shape index (κ1) is 17.1. The number of fused-ring (bicyclic) bond motifs is 1. The molecule has 0 aliphatic carbocycles. The van der Waals surface area contributed by atoms with Crippen molar-refractivity contribution in [1.82, 2.24) is 4.90 Å². The molecule has 25 heavy (non-hydrogen) atoms. The molecular formula is C19H22FN3O2. The normalized spacial score (nSPS) is 13.3. The second kappa shape index (κ2) is 7.42. The summed E-state index contributed by atoms with van der Waals surface area (Å²) in [7, 11) is 1.68. The maximum absolute atomic E-state index is 14.3. The molecule has 0 saturated heterocycles. The van der Waals surface area contributed by atoms with Crippen LogP contribution in [0.15, 0.2) is 42.5 Å². The largest absolute Gasteiger partial charge is 0.415 e. The number of anilines is 2. The van der Waals surface area contributed by atoms with Crippen LogP contribution < -0.4 is 15.4 Å². The van der Waals surface area contributed by atoms with Gasteiger partial charge in [-0.2, -0.15) is 0 Å². The van der Waals surface area contributed by atoms with Gasteiger partial charge in [0, 0.05) is 32.4 Å². The molecule has 2 aromatic rings. The number of aryl methyl sites for hydroxylation is 1. The number of nitrogens with two attached hydrogens (primary N) is 1. The molecule has 5 nitrogen and oxygen atoms in total. The van der Waals surface area contributed by atoms with Crippen molar-refractivity contribution in [3.8, 4) is 5.75 Å². The van der Waals surface area contributed by atoms with Gasteiger partial charge in [0.25, 0.3) is 0 Å². The highest BCUT2D eigenvalue weighted by atomic mass is 19.1. The molecule has 132 valence electrons. The summed E-state index contributed by atoms with van der Waals surface area (Å²) in [6.45, 7) is 1.73. The number of amides is 1. The van der Waals surface area contributed by atoms with Crippen molar-refractivity contribution in [3.05, 3.63) is 53.8 Å². The summed E-state index contributed by atoms with van der Waals surface area (Å²) in [4.78, 5) is 15.6. The molecule has 1 amide bonds. The Morgan fingerprint density at radius 1 is 1.32 bits per heavy atom. The molecule has 3 rings (SSSR count). The zero-order valence-corrected chi connectivity index (χ0v) is 14.2. The lowest BCUT2D eigenvalue weighted by Gasteiger charge is -2.33. The molecule has 2 aromatic carbocycles. The van der Waals surface area contributed by atoms with E-state index in [2.05, 4.69) is 0 Å². The molecule has 1 aliphatic rings. The molecule has 6 heteroatoms. The van der Waals surface area contributed by atoms with E-state index < -0.39 is 6.09 Å². The SMILES string of the molecule is CN(CCN1CCCc2cc(N)cc(F)c21)C(=O)Oc1ccccc1. The van der Waals surface area contributed by atoms with Gasteiger partial charge in [0.15, 0.2) is 0 Å². The minimum Gasteiger partial charge on any atom is -0.410 e. The minimum absolute atomic E-state index is 0.302. The van der Waals surface area contributed by atoms with E-state index in [0.717, 1.165) is 24.9 Å². The predicted molar refractivity (Wildman–Crippen MR) is 96.4 cm³/mol. The number of benzene rings is 2. The number of carbonyl (C=O) groups is 1. The zero-order valence-electron chi connectivity index (χ0n) is 14.2. The van der Waals surface area contributed by atoms with E-state index in [9.17, 15) is 9.18 Å². The number of nitrogens with zero attached hydrogens (tertiary/aromatic N) is 2. The molecule has 2 N–H and O–H groups in total. The average molecular weight is 343 g/mol. The number of carbonyl (C=O) groups excluding carboxylic acids is 1. The van der Waals surface area contributed by atoms with Crippen LogP contribution in [0.1, 0.15) is 12.0 Å². The predicted octanol–water partition coefficient (Wildman–Crippen LogP) is 3.29. The van der Waals surface area contributed by atoms with E-state index >= 15 is 0 Å². The van der Waals surface area contributed by atoms with Crippen molar-refractivity contribution >= 4 is 17.5 Å². The second-order valence-corrected chi connectivity index (χ2v) is 6.20. The topological polar surface area (TPSA) is 58.8 Å². The van der Waals surface area contributed by atoms with Crippen LogP contribution in [0.3, 0.4) is 0 Å². The van der Waals surface area contributed by atoms with Gasteiger partial charge in [-0.15, -0.1) is 0 Å². The van der Waals surface area contributed by atoms with Gasteiger partial charge in [0.2, 0.25) is 0 Å². The fourth-order valence-electron chi connectivity index (χ4n) is 3.05. The van der Waals surface area contributed by atoms with Gasteiger partial charge in [0.05, 0.1) is 5.69 Å². The van der Waals surface area contributed by atoms with Gasteiger partial charge in [-0.25, -0.2) is 9.18 Å². The molecular weight excluding hydrogens is 321 g/mol. The third-order valence-corrected chi connectivity index (χ3v) is 4.32. The van der Waals surface area contributed by atoms with Crippen LogP contribution in [0.2, 0.25) is 0 Å². The summed E-state index contributed by atoms with van der Waals surface area (Å²) in [5, 5.41) is 0. The summed E-state index contributed by atoms with van der Waals surface area (Å²) in [6, 6.07) is 12.1. The molecule has 0 saturated carbocycles. The number of ether oxygens (including phenoxy) is 1. The molecule has 0 radical (unpaired) electrons. The molecule has 0 atom stereocenters. The van der Waals surface area contributed by atoms with Gasteiger partial charge >= 0.3 is 6.09 Å². The first-order valence-corrected chi connectivity index (χ1v) is 8.35. The van der Waals surface area contributed by atoms with Crippen LogP contribution in [0.4, 0.5) is 20.6 Å². The van der Waals surface area contributed by atoms with Crippen LogP contribution in [-0.2, 0) is 6.42 Å². The third-order valence-electron chi connectivity index (χ3n) is 4.32. The summed E-state index contributed by atoms with van der Waals surface area (Å²) in [6.07, 6.45) is 1.33. The Labute approximate surface area is 146 Å². The smallest absolute Gasteiger partial charge is 0.410 e. The van der Waals surface area contributed by atoms with Crippen molar-refractivity contribution in [2.45, 2.75) is 12.8 Å². The van der Waals surface area contributed by atoms with Crippen molar-refractivity contribution in [2.24, 2.45) is 0 Å². The Kier molecular flexibility index (Phi) is 5.07. The Morgan fingerprint density at radius 3 is 2.84 bits per heavy atom. The lowest BCUT2D eigenvalue weighted by atomic mass is 10.0. The highest BCUT2D eigenvalue weighted by Gasteiger charge is 2.22. The van der Waals surface area contributed by atoms with E-state index in [1.165, 1.54) is 11.0 Å². The van der Waals surface area contributed by atoms with Gasteiger partial charge in [0.1, 0.15) is 11.6 Å². The Bertz CT molecular complexity index is 752. The number of nitrogen functional groups attached to an aromatic ring is 1. The van der Waals surface area contributed by atoms with Crippen LogP contribution in [-0.4, -0.2) is 37.7 Å². The standard InChI is InChI=1S/C19H22FN3O2/c1-22(19(24)25-16-7-3-2-4-8-16)10-11-23-9-5-6-14-12-15(21)13-17(20)18(14)23/h2-4,7-8,12-13H,5-6,9-11,21H2,1H3. The number of hydrogen-bond acceptors (Lipinski definition) is 4. The van der Waals surface area contributed by atoms with Crippen LogP contribution >= 0.6 is 0 Å². The van der Waals surface area contributed by atoms with Crippen molar-refractivity contribution in [1.29, 1.82) is 0 Å². The van der Waals surface area contributed by atoms with E-state index in [1.54, 1.807) is 19.2 Å². The van der Waals surface area contributed by atoms with Crippen LogP contribution in [0, 0.1) is 5.82 Å². The quantitative estimate of drug-likeness (QED) is 0.866. The molecule has 0 fully saturated rings. The van der Waals surface area contributed by atoms with Crippen LogP contribution in [0.25, 0.3) is 0 Å². The van der Waals surface area contributed by atoms with Crippen molar-refractivity contribution in [3.63, 3.8) is 0 Å². The Hall–Kier alpha value is -2.76. The highest BCUT2D eigenvalue weighted by molar-refractivity contribution is 5.70. The van der Waals surface area contributed by atoms with Crippen LogP contribution in [0.5, 0.6) is 5.75 Å². The fourth-order valence-corrected chi connectivity index (χ4v) is 3.05. The van der Waals surface area contributed by atoms with E-state index in [4.69, 9.17) is 10.5 Å². The fraction of sp³-hybridized carbons (Fsp3) is 0.316. The lowest BCUT2D eigenvalue weighted by molar-refractivity contribution is 0.164. The van der Waals surface area contributed by atoms with E-state index in [1.807, 2.05) is 29.2 Å². The highest BCUT2D eigenvalue weighted by Crippen LogP contribution is 2.31. The van der Waals surface area contributed by atoms with Crippen molar-refractivity contribution in [2.75, 3.05) is 37.3 Å². The Balaban J connectivity index is 1.62.